The van der Waals surface area contributed by atoms with Crippen molar-refractivity contribution in [3.05, 3.63) is 35.4 Å². The topological polar surface area (TPSA) is 43.4 Å². The van der Waals surface area contributed by atoms with Crippen LogP contribution in [0.1, 0.15) is 55.5 Å². The monoisotopic (exact) mass is 274 g/mol. The van der Waals surface area contributed by atoms with Gasteiger partial charge in [-0.05, 0) is 31.7 Å². The van der Waals surface area contributed by atoms with Crippen LogP contribution in [0.3, 0.4) is 0 Å². The molecule has 0 bridgehead atoms. The third kappa shape index (κ3) is 2.49. The molecular weight excluding hydrogens is 252 g/mol. The fourth-order valence-corrected chi connectivity index (χ4v) is 2.96. The van der Waals surface area contributed by atoms with Gasteiger partial charge in [0.1, 0.15) is 5.41 Å². The summed E-state index contributed by atoms with van der Waals surface area (Å²) in [6.45, 7) is 4.18. The maximum absolute atomic E-state index is 12.9. The zero-order chi connectivity index (χ0) is 14.6. The van der Waals surface area contributed by atoms with E-state index in [1.165, 1.54) is 0 Å². The average Bonchev–Trinajstić information content (AvgIpc) is 2.47. The summed E-state index contributed by atoms with van der Waals surface area (Å²) in [5, 5.41) is 0. The van der Waals surface area contributed by atoms with Crippen molar-refractivity contribution >= 4 is 11.8 Å². The SMILES string of the molecule is CCCCC1(C(=O)OCC)CCc2ccccc2C1=O. The summed E-state index contributed by atoms with van der Waals surface area (Å²) in [5.74, 6) is -0.390. The molecule has 108 valence electrons. The van der Waals surface area contributed by atoms with Crippen LogP contribution in [0.15, 0.2) is 24.3 Å². The highest BCUT2D eigenvalue weighted by atomic mass is 16.5. The van der Waals surface area contributed by atoms with Gasteiger partial charge in [-0.1, -0.05) is 44.0 Å². The minimum Gasteiger partial charge on any atom is -0.465 e. The number of unbranched alkanes of at least 4 members (excludes halogenated alkanes) is 1. The lowest BCUT2D eigenvalue weighted by molar-refractivity contribution is -0.153. The fourth-order valence-electron chi connectivity index (χ4n) is 2.96. The smallest absolute Gasteiger partial charge is 0.320 e. The van der Waals surface area contributed by atoms with Crippen LogP contribution in [0.25, 0.3) is 0 Å². The number of aryl methyl sites for hydroxylation is 1. The molecule has 20 heavy (non-hydrogen) atoms. The van der Waals surface area contributed by atoms with Crippen LogP contribution in [0.5, 0.6) is 0 Å². The van der Waals surface area contributed by atoms with E-state index in [9.17, 15) is 9.59 Å². The summed E-state index contributed by atoms with van der Waals surface area (Å²) in [6.07, 6.45) is 3.77. The summed E-state index contributed by atoms with van der Waals surface area (Å²) in [5.41, 5.74) is 0.789. The van der Waals surface area contributed by atoms with Crippen molar-refractivity contribution in [3.63, 3.8) is 0 Å². The van der Waals surface area contributed by atoms with Crippen molar-refractivity contribution in [1.82, 2.24) is 0 Å². The second-order valence-corrected chi connectivity index (χ2v) is 5.39. The van der Waals surface area contributed by atoms with E-state index in [0.717, 1.165) is 24.8 Å². The van der Waals surface area contributed by atoms with Gasteiger partial charge >= 0.3 is 5.97 Å². The number of fused-ring (bicyclic) bond motifs is 1. The van der Waals surface area contributed by atoms with Crippen molar-refractivity contribution in [2.75, 3.05) is 6.61 Å². The van der Waals surface area contributed by atoms with Crippen LogP contribution in [0, 0.1) is 5.41 Å². The Hall–Kier alpha value is -1.64. The second-order valence-electron chi connectivity index (χ2n) is 5.39. The zero-order valence-corrected chi connectivity index (χ0v) is 12.3. The predicted molar refractivity (Wildman–Crippen MR) is 77.7 cm³/mol. The molecule has 1 aliphatic rings. The van der Waals surface area contributed by atoms with Gasteiger partial charge in [-0.3, -0.25) is 9.59 Å². The summed E-state index contributed by atoms with van der Waals surface area (Å²) in [4.78, 5) is 25.3. The molecule has 0 saturated heterocycles. The van der Waals surface area contributed by atoms with Gasteiger partial charge in [-0.15, -0.1) is 0 Å². The Balaban J connectivity index is 2.38. The van der Waals surface area contributed by atoms with Gasteiger partial charge in [0, 0.05) is 5.56 Å². The molecule has 0 N–H and O–H groups in total. The molecule has 0 heterocycles. The highest BCUT2D eigenvalue weighted by Gasteiger charge is 2.49. The largest absolute Gasteiger partial charge is 0.465 e. The van der Waals surface area contributed by atoms with Crippen LogP contribution in [0.2, 0.25) is 0 Å². The van der Waals surface area contributed by atoms with E-state index in [2.05, 4.69) is 6.92 Å². The zero-order valence-electron chi connectivity index (χ0n) is 12.3. The Bertz CT molecular complexity index is 507. The van der Waals surface area contributed by atoms with Crippen molar-refractivity contribution < 1.29 is 14.3 Å². The normalized spacial score (nSPS) is 21.4. The first kappa shape index (κ1) is 14.8. The molecule has 3 nitrogen and oxygen atoms in total. The number of hydrogen-bond acceptors (Lipinski definition) is 3. The summed E-state index contributed by atoms with van der Waals surface area (Å²) in [6, 6.07) is 7.60. The molecule has 0 saturated carbocycles. The Morgan fingerprint density at radius 1 is 1.30 bits per heavy atom. The Morgan fingerprint density at radius 3 is 2.75 bits per heavy atom. The van der Waals surface area contributed by atoms with Gasteiger partial charge in [0.25, 0.3) is 0 Å². The number of ketones is 1. The third-order valence-corrected chi connectivity index (χ3v) is 4.14. The molecule has 2 rings (SSSR count). The number of carbonyl (C=O) groups excluding carboxylic acids is 2. The summed E-state index contributed by atoms with van der Waals surface area (Å²) >= 11 is 0. The number of ether oxygens (including phenoxy) is 1. The van der Waals surface area contributed by atoms with Crippen molar-refractivity contribution in [2.24, 2.45) is 5.41 Å². The number of rotatable bonds is 5. The van der Waals surface area contributed by atoms with Crippen molar-refractivity contribution in [2.45, 2.75) is 46.0 Å². The molecule has 1 unspecified atom stereocenters. The van der Waals surface area contributed by atoms with Gasteiger partial charge in [-0.25, -0.2) is 0 Å². The summed E-state index contributed by atoms with van der Waals surface area (Å²) in [7, 11) is 0. The van der Waals surface area contributed by atoms with Gasteiger partial charge in [0.2, 0.25) is 0 Å². The number of hydrogen-bond donors (Lipinski definition) is 0. The predicted octanol–water partition coefficient (Wildman–Crippen LogP) is 3.56. The van der Waals surface area contributed by atoms with E-state index < -0.39 is 5.41 Å². The van der Waals surface area contributed by atoms with Gasteiger partial charge in [-0.2, -0.15) is 0 Å². The molecule has 0 aliphatic heterocycles. The van der Waals surface area contributed by atoms with Gasteiger partial charge in [0.15, 0.2) is 5.78 Å². The first-order valence-corrected chi connectivity index (χ1v) is 7.45. The number of Topliss-reactive ketones (excluding diaryl/α,β-unsaturated/α-hetero) is 1. The lowest BCUT2D eigenvalue weighted by atomic mass is 9.68. The number of benzene rings is 1. The Morgan fingerprint density at radius 2 is 2.05 bits per heavy atom. The van der Waals surface area contributed by atoms with E-state index >= 15 is 0 Å². The van der Waals surface area contributed by atoms with Gasteiger partial charge < -0.3 is 4.74 Å². The maximum Gasteiger partial charge on any atom is 0.320 e. The molecule has 1 atom stereocenters. The lowest BCUT2D eigenvalue weighted by Crippen LogP contribution is -2.44. The molecule has 0 amide bonds. The van der Waals surface area contributed by atoms with Crippen molar-refractivity contribution in [1.29, 1.82) is 0 Å². The minimum absolute atomic E-state index is 0.0498. The first-order chi connectivity index (χ1) is 9.65. The fraction of sp³-hybridized carbons (Fsp3) is 0.529. The first-order valence-electron chi connectivity index (χ1n) is 7.45. The second kappa shape index (κ2) is 6.21. The molecule has 1 aliphatic carbocycles. The highest BCUT2D eigenvalue weighted by molar-refractivity contribution is 6.14. The standard InChI is InChI=1S/C17H22O3/c1-3-5-11-17(16(19)20-4-2)12-10-13-8-6-7-9-14(13)15(17)18/h6-9H,3-5,10-12H2,1-2H3. The summed E-state index contributed by atoms with van der Waals surface area (Å²) < 4.78 is 5.21. The highest BCUT2D eigenvalue weighted by Crippen LogP contribution is 2.40. The van der Waals surface area contributed by atoms with Crippen LogP contribution in [0.4, 0.5) is 0 Å². The van der Waals surface area contributed by atoms with Gasteiger partial charge in [0.05, 0.1) is 6.61 Å². The van der Waals surface area contributed by atoms with E-state index in [1.54, 1.807) is 6.92 Å². The van der Waals surface area contributed by atoms with E-state index in [-0.39, 0.29) is 11.8 Å². The number of esters is 1. The quantitative estimate of drug-likeness (QED) is 0.609. The molecule has 0 fully saturated rings. The third-order valence-electron chi connectivity index (χ3n) is 4.14. The molecule has 1 aromatic carbocycles. The minimum atomic E-state index is -0.958. The lowest BCUT2D eigenvalue weighted by Gasteiger charge is -2.34. The molecular formula is C17H22O3. The Labute approximate surface area is 120 Å². The average molecular weight is 274 g/mol. The van der Waals surface area contributed by atoms with Crippen molar-refractivity contribution in [3.8, 4) is 0 Å². The molecule has 3 heteroatoms. The van der Waals surface area contributed by atoms with Crippen LogP contribution in [-0.4, -0.2) is 18.4 Å². The van der Waals surface area contributed by atoms with E-state index in [4.69, 9.17) is 4.74 Å². The van der Waals surface area contributed by atoms with Crippen LogP contribution < -0.4 is 0 Å². The number of carbonyl (C=O) groups is 2. The van der Waals surface area contributed by atoms with E-state index in [1.807, 2.05) is 24.3 Å². The molecule has 0 aromatic heterocycles. The maximum atomic E-state index is 12.9. The molecule has 0 spiro atoms. The van der Waals surface area contributed by atoms with Crippen LogP contribution >= 0.6 is 0 Å². The van der Waals surface area contributed by atoms with Crippen LogP contribution in [-0.2, 0) is 16.0 Å². The molecule has 0 radical (unpaired) electrons. The Kier molecular flexibility index (Phi) is 4.58. The van der Waals surface area contributed by atoms with E-state index in [0.29, 0.717) is 25.0 Å². The molecule has 1 aromatic rings.